The van der Waals surface area contributed by atoms with Crippen molar-refractivity contribution in [3.8, 4) is 0 Å². The lowest BCUT2D eigenvalue weighted by Crippen LogP contribution is -2.16. The van der Waals surface area contributed by atoms with Crippen LogP contribution in [0.2, 0.25) is 5.02 Å². The summed E-state index contributed by atoms with van der Waals surface area (Å²) >= 11 is 6.00. The predicted octanol–water partition coefficient (Wildman–Crippen LogP) is 3.24. The number of methoxy groups -OCH3 is 1. The highest BCUT2D eigenvalue weighted by Gasteiger charge is 2.21. The fourth-order valence-corrected chi connectivity index (χ4v) is 3.56. The van der Waals surface area contributed by atoms with E-state index in [1.54, 1.807) is 24.3 Å². The number of esters is 1. The van der Waals surface area contributed by atoms with Crippen LogP contribution in [0, 0.1) is 6.92 Å². The quantitative estimate of drug-likeness (QED) is 0.868. The number of benzene rings is 2. The molecule has 5 nitrogen and oxygen atoms in total. The van der Waals surface area contributed by atoms with E-state index in [0.29, 0.717) is 0 Å². The summed E-state index contributed by atoms with van der Waals surface area (Å²) in [6.07, 6.45) is 0. The van der Waals surface area contributed by atoms with E-state index < -0.39 is 16.0 Å². The maximum Gasteiger partial charge on any atom is 0.339 e. The molecule has 0 aromatic heterocycles. The van der Waals surface area contributed by atoms with Crippen molar-refractivity contribution >= 4 is 33.3 Å². The Morgan fingerprint density at radius 1 is 1.18 bits per heavy atom. The van der Waals surface area contributed by atoms with Crippen molar-refractivity contribution in [1.82, 2.24) is 0 Å². The van der Waals surface area contributed by atoms with Crippen molar-refractivity contribution < 1.29 is 17.9 Å². The minimum atomic E-state index is -3.91. The second-order valence-corrected chi connectivity index (χ2v) is 6.63. The first kappa shape index (κ1) is 16.3. The first-order valence-corrected chi connectivity index (χ1v) is 8.17. The van der Waals surface area contributed by atoms with Crippen molar-refractivity contribution in [2.45, 2.75) is 11.8 Å². The van der Waals surface area contributed by atoms with Crippen LogP contribution in [-0.2, 0) is 14.8 Å². The van der Waals surface area contributed by atoms with E-state index in [-0.39, 0.29) is 21.2 Å². The number of ether oxygens (including phenoxy) is 1. The normalized spacial score (nSPS) is 11.0. The maximum atomic E-state index is 12.4. The highest BCUT2D eigenvalue weighted by Crippen LogP contribution is 2.26. The third-order valence-corrected chi connectivity index (χ3v) is 4.80. The zero-order chi connectivity index (χ0) is 16.3. The van der Waals surface area contributed by atoms with Crippen LogP contribution >= 0.6 is 11.6 Å². The smallest absolute Gasteiger partial charge is 0.339 e. The number of aryl methyl sites for hydroxylation is 1. The Hall–Kier alpha value is -2.05. The van der Waals surface area contributed by atoms with Crippen LogP contribution < -0.4 is 4.72 Å². The van der Waals surface area contributed by atoms with Crippen molar-refractivity contribution in [2.75, 3.05) is 11.8 Å². The second kappa shape index (κ2) is 6.37. The first-order valence-electron chi connectivity index (χ1n) is 6.31. The van der Waals surface area contributed by atoms with Gasteiger partial charge in [-0.2, -0.15) is 0 Å². The van der Waals surface area contributed by atoms with Gasteiger partial charge in [-0.05, 0) is 36.8 Å². The van der Waals surface area contributed by atoms with Gasteiger partial charge >= 0.3 is 5.97 Å². The molecule has 0 saturated carbocycles. The van der Waals surface area contributed by atoms with Crippen LogP contribution in [0.4, 0.5) is 5.69 Å². The summed E-state index contributed by atoms with van der Waals surface area (Å²) in [5.74, 6) is -0.631. The molecule has 0 radical (unpaired) electrons. The molecule has 1 N–H and O–H groups in total. The number of carbonyl (C=O) groups is 1. The minimum Gasteiger partial charge on any atom is -0.465 e. The zero-order valence-corrected chi connectivity index (χ0v) is 13.5. The number of anilines is 1. The zero-order valence-electron chi connectivity index (χ0n) is 12.0. The molecular weight excluding hydrogens is 326 g/mol. The van der Waals surface area contributed by atoms with E-state index in [4.69, 9.17) is 11.6 Å². The SMILES string of the molecule is COC(=O)c1ccccc1NS(=O)(=O)c1ccc(C)cc1Cl. The number of hydrogen-bond acceptors (Lipinski definition) is 4. The Bertz CT molecular complexity index is 818. The standard InChI is InChI=1S/C15H14ClNO4S/c1-10-7-8-14(12(16)9-10)22(19,20)17-13-6-4-3-5-11(13)15(18)21-2/h3-9,17H,1-2H3. The van der Waals surface area contributed by atoms with E-state index in [2.05, 4.69) is 9.46 Å². The van der Waals surface area contributed by atoms with Crippen molar-refractivity contribution in [1.29, 1.82) is 0 Å². The van der Waals surface area contributed by atoms with E-state index in [9.17, 15) is 13.2 Å². The van der Waals surface area contributed by atoms with Gasteiger partial charge in [-0.1, -0.05) is 29.8 Å². The van der Waals surface area contributed by atoms with Gasteiger partial charge in [0.2, 0.25) is 0 Å². The number of sulfonamides is 1. The van der Waals surface area contributed by atoms with Gasteiger partial charge in [0.15, 0.2) is 0 Å². The van der Waals surface area contributed by atoms with Gasteiger partial charge in [-0.15, -0.1) is 0 Å². The average Bonchev–Trinajstić information content (AvgIpc) is 2.46. The minimum absolute atomic E-state index is 0.0561. The van der Waals surface area contributed by atoms with E-state index >= 15 is 0 Å². The summed E-state index contributed by atoms with van der Waals surface area (Å²) in [5, 5.41) is 0.114. The lowest BCUT2D eigenvalue weighted by Gasteiger charge is -2.12. The monoisotopic (exact) mass is 339 g/mol. The van der Waals surface area contributed by atoms with Gasteiger partial charge in [0, 0.05) is 0 Å². The summed E-state index contributed by atoms with van der Waals surface area (Å²) < 4.78 is 31.9. The van der Waals surface area contributed by atoms with Gasteiger partial charge in [-0.3, -0.25) is 4.72 Å². The van der Waals surface area contributed by atoms with E-state index in [1.165, 1.54) is 25.3 Å². The molecule has 116 valence electrons. The Balaban J connectivity index is 2.44. The van der Waals surface area contributed by atoms with Gasteiger partial charge in [0.05, 0.1) is 23.4 Å². The fourth-order valence-electron chi connectivity index (χ4n) is 1.88. The van der Waals surface area contributed by atoms with Crippen LogP contribution in [-0.4, -0.2) is 21.5 Å². The topological polar surface area (TPSA) is 72.5 Å². The summed E-state index contributed by atoms with van der Waals surface area (Å²) in [7, 11) is -2.69. The van der Waals surface area contributed by atoms with Crippen LogP contribution in [0.25, 0.3) is 0 Å². The van der Waals surface area contributed by atoms with Gasteiger partial charge in [-0.25, -0.2) is 13.2 Å². The Kier molecular flexibility index (Phi) is 4.73. The maximum absolute atomic E-state index is 12.4. The lowest BCUT2D eigenvalue weighted by molar-refractivity contribution is 0.0602. The van der Waals surface area contributed by atoms with Gasteiger partial charge < -0.3 is 4.74 Å². The van der Waals surface area contributed by atoms with Crippen molar-refractivity contribution in [3.05, 3.63) is 58.6 Å². The van der Waals surface area contributed by atoms with Gasteiger partial charge in [0.25, 0.3) is 10.0 Å². The molecule has 0 aliphatic heterocycles. The molecule has 0 heterocycles. The third kappa shape index (κ3) is 3.40. The Morgan fingerprint density at radius 2 is 1.86 bits per heavy atom. The molecule has 22 heavy (non-hydrogen) atoms. The van der Waals surface area contributed by atoms with Gasteiger partial charge in [0.1, 0.15) is 4.90 Å². The molecule has 2 aromatic carbocycles. The Morgan fingerprint density at radius 3 is 2.50 bits per heavy atom. The highest BCUT2D eigenvalue weighted by atomic mass is 35.5. The molecule has 0 spiro atoms. The van der Waals surface area contributed by atoms with Crippen LogP contribution in [0.15, 0.2) is 47.4 Å². The second-order valence-electron chi connectivity index (χ2n) is 4.58. The summed E-state index contributed by atoms with van der Waals surface area (Å²) in [6, 6.07) is 10.8. The summed E-state index contributed by atoms with van der Waals surface area (Å²) in [4.78, 5) is 11.6. The molecule has 0 aliphatic rings. The Labute approximate surface area is 133 Å². The average molecular weight is 340 g/mol. The number of hydrogen-bond donors (Lipinski definition) is 1. The molecule has 0 atom stereocenters. The number of nitrogens with one attached hydrogen (secondary N) is 1. The highest BCUT2D eigenvalue weighted by molar-refractivity contribution is 7.92. The first-order chi connectivity index (χ1) is 10.3. The molecule has 2 aromatic rings. The number of rotatable bonds is 4. The summed E-state index contributed by atoms with van der Waals surface area (Å²) in [5.41, 5.74) is 1.10. The number of carbonyl (C=O) groups excluding carboxylic acids is 1. The molecule has 0 bridgehead atoms. The number of halogens is 1. The predicted molar refractivity (Wildman–Crippen MR) is 84.8 cm³/mol. The van der Waals surface area contributed by atoms with Crippen LogP contribution in [0.5, 0.6) is 0 Å². The molecule has 0 saturated heterocycles. The van der Waals surface area contributed by atoms with Crippen LogP contribution in [0.3, 0.4) is 0 Å². The number of para-hydroxylation sites is 1. The molecule has 7 heteroatoms. The van der Waals surface area contributed by atoms with Crippen molar-refractivity contribution in [2.24, 2.45) is 0 Å². The molecule has 2 rings (SSSR count). The third-order valence-electron chi connectivity index (χ3n) is 2.95. The van der Waals surface area contributed by atoms with Crippen molar-refractivity contribution in [3.63, 3.8) is 0 Å². The lowest BCUT2D eigenvalue weighted by atomic mass is 10.2. The summed E-state index contributed by atoms with van der Waals surface area (Å²) in [6.45, 7) is 1.81. The van der Waals surface area contributed by atoms with Crippen LogP contribution in [0.1, 0.15) is 15.9 Å². The molecular formula is C15H14ClNO4S. The largest absolute Gasteiger partial charge is 0.465 e. The molecule has 0 amide bonds. The molecule has 0 fully saturated rings. The molecule has 0 unspecified atom stereocenters. The van der Waals surface area contributed by atoms with E-state index in [0.717, 1.165) is 5.56 Å². The van der Waals surface area contributed by atoms with E-state index in [1.807, 2.05) is 6.92 Å². The fraction of sp³-hybridized carbons (Fsp3) is 0.133. The molecule has 0 aliphatic carbocycles.